The zero-order valence-corrected chi connectivity index (χ0v) is 11.5. The van der Waals surface area contributed by atoms with Crippen LogP contribution in [0.1, 0.15) is 0 Å². The van der Waals surface area contributed by atoms with E-state index in [0.717, 1.165) is 0 Å². The molecule has 0 aromatic heterocycles. The third-order valence-corrected chi connectivity index (χ3v) is 0. The summed E-state index contributed by atoms with van der Waals surface area (Å²) in [6, 6.07) is 0. The van der Waals surface area contributed by atoms with Crippen molar-refractivity contribution in [1.82, 2.24) is 0 Å². The topological polar surface area (TPSA) is 47.6 Å². The Morgan fingerprint density at radius 1 is 0.636 bits per heavy atom. The minimum absolute atomic E-state index is 0. The second kappa shape index (κ2) is 6.40. The molecular weight excluding hydrogens is 212 g/mol. The summed E-state index contributed by atoms with van der Waals surface area (Å²) in [6.07, 6.45) is 0. The fourth-order valence-corrected chi connectivity index (χ4v) is 0. The van der Waals surface area contributed by atoms with Gasteiger partial charge >= 0.3 is 17.1 Å². The number of hydrogen-bond acceptors (Lipinski definition) is 0. The minimum atomic E-state index is -1.36. The molecule has 2 nitrogen and oxygen atoms in total. The van der Waals surface area contributed by atoms with E-state index in [1.54, 1.807) is 0 Å². The molecule has 0 aliphatic rings. The summed E-state index contributed by atoms with van der Waals surface area (Å²) in [4.78, 5) is 0. The zero-order valence-electron chi connectivity index (χ0n) is 8.35. The van der Waals surface area contributed by atoms with Gasteiger partial charge in [0.15, 0.2) is 0 Å². The maximum absolute atomic E-state index is 7.08. The second-order valence-electron chi connectivity index (χ2n) is 4.50. The van der Waals surface area contributed by atoms with E-state index in [-0.39, 0.29) is 17.1 Å². The summed E-state index contributed by atoms with van der Waals surface area (Å²) >= 11 is 0. The monoisotopic (exact) mass is 232 g/mol. The standard InChI is InChI=1S/2C3H10NSi.Fe/c2*1-5(2,3)4;/h2*4H,1-3H3;/q2*-1;+2. The number of rotatable bonds is 0. The first-order valence-electron chi connectivity index (χ1n) is 3.50. The Hall–Kier alpha value is 0.873. The third kappa shape index (κ3) is 1120. The van der Waals surface area contributed by atoms with Crippen molar-refractivity contribution >= 4 is 16.5 Å². The van der Waals surface area contributed by atoms with E-state index in [0.29, 0.717) is 0 Å². The van der Waals surface area contributed by atoms with Crippen molar-refractivity contribution in [2.24, 2.45) is 0 Å². The molecular formula is C6H20FeN2Si2. The average molecular weight is 232 g/mol. The van der Waals surface area contributed by atoms with Gasteiger partial charge in [0, 0.05) is 0 Å². The van der Waals surface area contributed by atoms with Gasteiger partial charge in [0.1, 0.15) is 0 Å². The summed E-state index contributed by atoms with van der Waals surface area (Å²) in [5, 5.41) is 14.2. The van der Waals surface area contributed by atoms with Gasteiger partial charge in [-0.2, -0.15) is 0 Å². The van der Waals surface area contributed by atoms with Crippen molar-refractivity contribution in [3.8, 4) is 0 Å². The van der Waals surface area contributed by atoms with Crippen molar-refractivity contribution < 1.29 is 17.1 Å². The van der Waals surface area contributed by atoms with Crippen LogP contribution < -0.4 is 0 Å². The van der Waals surface area contributed by atoms with E-state index < -0.39 is 16.5 Å². The molecule has 0 bridgehead atoms. The quantitative estimate of drug-likeness (QED) is 0.571. The molecule has 70 valence electrons. The first-order chi connectivity index (χ1) is 4.00. The van der Waals surface area contributed by atoms with E-state index in [2.05, 4.69) is 0 Å². The Balaban J connectivity index is -0.000000107. The first kappa shape index (κ1) is 17.8. The fraction of sp³-hybridized carbons (Fsp3) is 1.00. The number of hydrogen-bond donors (Lipinski definition) is 0. The molecule has 0 spiro atoms. The normalized spacial score (nSPS) is 10.9. The van der Waals surface area contributed by atoms with E-state index in [1.165, 1.54) is 0 Å². The van der Waals surface area contributed by atoms with E-state index >= 15 is 0 Å². The van der Waals surface area contributed by atoms with Crippen LogP contribution in [0.3, 0.4) is 0 Å². The molecule has 0 aromatic carbocycles. The van der Waals surface area contributed by atoms with Crippen LogP contribution in [0.2, 0.25) is 39.3 Å². The summed E-state index contributed by atoms with van der Waals surface area (Å²) in [6.45, 7) is 12.0. The van der Waals surface area contributed by atoms with Gasteiger partial charge < -0.3 is 10.8 Å². The molecule has 2 N–H and O–H groups in total. The Labute approximate surface area is 83.8 Å². The molecule has 0 rings (SSSR count). The van der Waals surface area contributed by atoms with E-state index in [1.807, 2.05) is 39.3 Å². The molecule has 0 saturated heterocycles. The first-order valence-corrected chi connectivity index (χ1v) is 10.5. The Morgan fingerprint density at radius 3 is 0.636 bits per heavy atom. The average Bonchev–Trinajstić information content (AvgIpc) is 1.12. The van der Waals surface area contributed by atoms with E-state index in [9.17, 15) is 0 Å². The van der Waals surface area contributed by atoms with Gasteiger partial charge in [0.25, 0.3) is 0 Å². The van der Waals surface area contributed by atoms with Crippen LogP contribution in [-0.2, 0) is 17.1 Å². The molecule has 0 unspecified atom stereocenters. The summed E-state index contributed by atoms with van der Waals surface area (Å²) in [5.41, 5.74) is 0. The third-order valence-electron chi connectivity index (χ3n) is 0. The van der Waals surface area contributed by atoms with Crippen molar-refractivity contribution in [3.05, 3.63) is 10.8 Å². The zero-order chi connectivity index (χ0) is 9.00. The predicted molar refractivity (Wildman–Crippen MR) is 55.3 cm³/mol. The van der Waals surface area contributed by atoms with Gasteiger partial charge in [0.2, 0.25) is 0 Å². The molecule has 0 fully saturated rings. The van der Waals surface area contributed by atoms with Crippen LogP contribution in [0.25, 0.3) is 10.8 Å². The van der Waals surface area contributed by atoms with Crippen LogP contribution in [0, 0.1) is 0 Å². The summed E-state index contributed by atoms with van der Waals surface area (Å²) < 4.78 is 0. The summed E-state index contributed by atoms with van der Waals surface area (Å²) in [5.74, 6) is 0. The molecule has 0 heterocycles. The fourth-order valence-electron chi connectivity index (χ4n) is 0. The van der Waals surface area contributed by atoms with Crippen LogP contribution in [-0.4, -0.2) is 16.5 Å². The largest absolute Gasteiger partial charge is 2.00 e. The Bertz CT molecular complexity index is 61.6. The van der Waals surface area contributed by atoms with Crippen molar-refractivity contribution in [2.75, 3.05) is 0 Å². The Morgan fingerprint density at radius 2 is 0.636 bits per heavy atom. The molecule has 0 atom stereocenters. The molecule has 0 aromatic rings. The van der Waals surface area contributed by atoms with E-state index in [4.69, 9.17) is 10.8 Å². The van der Waals surface area contributed by atoms with Crippen LogP contribution in [0.5, 0.6) is 0 Å². The van der Waals surface area contributed by atoms with Crippen LogP contribution >= 0.6 is 0 Å². The second-order valence-corrected chi connectivity index (χ2v) is 13.5. The van der Waals surface area contributed by atoms with Gasteiger partial charge in [-0.25, -0.2) is 0 Å². The molecule has 11 heavy (non-hydrogen) atoms. The van der Waals surface area contributed by atoms with Gasteiger partial charge in [-0.1, -0.05) is 55.8 Å². The predicted octanol–water partition coefficient (Wildman–Crippen LogP) is 3.74. The molecule has 0 saturated carbocycles. The molecule has 0 radical (unpaired) electrons. The van der Waals surface area contributed by atoms with Gasteiger partial charge in [-0.3, -0.25) is 0 Å². The van der Waals surface area contributed by atoms with Crippen molar-refractivity contribution in [2.45, 2.75) is 39.3 Å². The van der Waals surface area contributed by atoms with Crippen molar-refractivity contribution in [1.29, 1.82) is 0 Å². The maximum Gasteiger partial charge on any atom is 2.00 e. The van der Waals surface area contributed by atoms with Gasteiger partial charge in [0.05, 0.1) is 0 Å². The minimum Gasteiger partial charge on any atom is -0.680 e. The van der Waals surface area contributed by atoms with Crippen LogP contribution in [0.4, 0.5) is 0 Å². The van der Waals surface area contributed by atoms with Gasteiger partial charge in [-0.05, 0) is 0 Å². The Kier molecular flexibility index (Phi) is 10.4. The molecule has 5 heteroatoms. The SMILES string of the molecule is C[Si](C)(C)[NH-].C[Si](C)(C)[NH-].[Fe+2]. The van der Waals surface area contributed by atoms with Crippen molar-refractivity contribution in [3.63, 3.8) is 0 Å². The molecule has 0 aliphatic carbocycles. The van der Waals surface area contributed by atoms with Gasteiger partial charge in [-0.15, -0.1) is 0 Å². The van der Waals surface area contributed by atoms with Crippen LogP contribution in [0.15, 0.2) is 0 Å². The summed E-state index contributed by atoms with van der Waals surface area (Å²) in [7, 11) is -2.72. The number of nitrogens with one attached hydrogen (secondary N) is 2. The smallest absolute Gasteiger partial charge is 0.680 e. The molecule has 0 aliphatic heterocycles. The maximum atomic E-state index is 7.08. The molecule has 0 amide bonds.